The first-order valence-corrected chi connectivity index (χ1v) is 10.4. The number of anilines is 1. The number of amides is 1. The molecule has 0 aliphatic carbocycles. The van der Waals surface area contributed by atoms with Gasteiger partial charge in [-0.2, -0.15) is 0 Å². The minimum Gasteiger partial charge on any atom is -0.487 e. The van der Waals surface area contributed by atoms with E-state index in [4.69, 9.17) is 21.4 Å². The number of benzene rings is 3. The van der Waals surface area contributed by atoms with E-state index < -0.39 is 12.3 Å². The zero-order valence-corrected chi connectivity index (χ0v) is 18.2. The van der Waals surface area contributed by atoms with Gasteiger partial charge < -0.3 is 19.5 Å². The first-order chi connectivity index (χ1) is 16.1. The van der Waals surface area contributed by atoms with Crippen LogP contribution < -0.4 is 14.4 Å². The minimum atomic E-state index is -4.80. The number of alkyl halides is 3. The van der Waals surface area contributed by atoms with Crippen LogP contribution >= 0.6 is 11.6 Å². The van der Waals surface area contributed by atoms with Gasteiger partial charge in [-0.3, -0.25) is 9.59 Å². The van der Waals surface area contributed by atoms with E-state index in [-0.39, 0.29) is 31.2 Å². The number of hydrogen-bond donors (Lipinski definition) is 1. The summed E-state index contributed by atoms with van der Waals surface area (Å²) in [5.41, 5.74) is 2.87. The van der Waals surface area contributed by atoms with Crippen LogP contribution in [0.5, 0.6) is 11.5 Å². The fourth-order valence-electron chi connectivity index (χ4n) is 3.67. The first-order valence-electron chi connectivity index (χ1n) is 10.0. The van der Waals surface area contributed by atoms with Gasteiger partial charge in [0.15, 0.2) is 0 Å². The molecule has 6 nitrogen and oxygen atoms in total. The highest BCUT2D eigenvalue weighted by molar-refractivity contribution is 6.32. The van der Waals surface area contributed by atoms with Crippen LogP contribution in [0.2, 0.25) is 5.02 Å². The van der Waals surface area contributed by atoms with Gasteiger partial charge >= 0.3 is 12.3 Å². The Labute approximate surface area is 197 Å². The van der Waals surface area contributed by atoms with Crippen molar-refractivity contribution in [2.24, 2.45) is 0 Å². The molecule has 176 valence electrons. The number of carbonyl (C=O) groups excluding carboxylic acids is 1. The van der Waals surface area contributed by atoms with Crippen molar-refractivity contribution in [3.05, 3.63) is 87.9 Å². The molecule has 1 heterocycles. The normalized spacial score (nSPS) is 13.1. The Morgan fingerprint density at radius 1 is 1.09 bits per heavy atom. The highest BCUT2D eigenvalue weighted by atomic mass is 35.5. The summed E-state index contributed by atoms with van der Waals surface area (Å²) in [6, 6.07) is 15.0. The summed E-state index contributed by atoms with van der Waals surface area (Å²) in [5, 5.41) is 9.30. The van der Waals surface area contributed by atoms with Gasteiger partial charge in [0.1, 0.15) is 18.1 Å². The molecule has 1 aliphatic heterocycles. The van der Waals surface area contributed by atoms with E-state index in [1.165, 1.54) is 17.0 Å². The van der Waals surface area contributed by atoms with Crippen LogP contribution in [0.25, 0.3) is 0 Å². The van der Waals surface area contributed by atoms with E-state index in [1.54, 1.807) is 36.4 Å². The largest absolute Gasteiger partial charge is 0.573 e. The third-order valence-electron chi connectivity index (χ3n) is 5.18. The van der Waals surface area contributed by atoms with Crippen LogP contribution in [0, 0.1) is 0 Å². The molecule has 1 amide bonds. The molecule has 0 saturated heterocycles. The Hall–Kier alpha value is -3.72. The zero-order chi connectivity index (χ0) is 24.5. The third kappa shape index (κ3) is 5.26. The number of carbonyl (C=O) groups is 2. The van der Waals surface area contributed by atoms with Crippen molar-refractivity contribution in [2.75, 3.05) is 4.90 Å². The fourth-order valence-corrected chi connectivity index (χ4v) is 3.84. The van der Waals surface area contributed by atoms with Gasteiger partial charge in [0.2, 0.25) is 0 Å². The number of carboxylic acids is 1. The molecule has 1 aliphatic rings. The Morgan fingerprint density at radius 2 is 1.82 bits per heavy atom. The van der Waals surface area contributed by atoms with Crippen LogP contribution in [0.4, 0.5) is 18.9 Å². The van der Waals surface area contributed by atoms with Crippen molar-refractivity contribution in [1.29, 1.82) is 0 Å². The average Bonchev–Trinajstić information content (AvgIpc) is 3.10. The van der Waals surface area contributed by atoms with Crippen molar-refractivity contribution in [3.8, 4) is 11.5 Å². The predicted molar refractivity (Wildman–Crippen MR) is 117 cm³/mol. The van der Waals surface area contributed by atoms with Crippen molar-refractivity contribution in [1.82, 2.24) is 0 Å². The number of aliphatic carboxylic acids is 1. The minimum absolute atomic E-state index is 0.0822. The van der Waals surface area contributed by atoms with Crippen LogP contribution in [0.1, 0.15) is 27.0 Å². The summed E-state index contributed by atoms with van der Waals surface area (Å²) < 4.78 is 46.9. The average molecular weight is 492 g/mol. The molecule has 3 aromatic carbocycles. The van der Waals surface area contributed by atoms with Crippen LogP contribution in [-0.4, -0.2) is 23.3 Å². The summed E-state index contributed by atoms with van der Waals surface area (Å²) >= 11 is 6.18. The molecule has 0 unspecified atom stereocenters. The van der Waals surface area contributed by atoms with Gasteiger partial charge in [-0.25, -0.2) is 0 Å². The lowest BCUT2D eigenvalue weighted by molar-refractivity contribution is -0.274. The second kappa shape index (κ2) is 9.26. The lowest BCUT2D eigenvalue weighted by Crippen LogP contribution is -2.23. The maximum atomic E-state index is 12.9. The maximum absolute atomic E-state index is 12.9. The number of carboxylic acid groups (broad SMARTS) is 1. The van der Waals surface area contributed by atoms with E-state index in [2.05, 4.69) is 4.74 Å². The Balaban J connectivity index is 1.51. The molecule has 3 aromatic rings. The second-order valence-electron chi connectivity index (χ2n) is 7.50. The molecular formula is C24H17ClF3NO5. The Morgan fingerprint density at radius 3 is 2.50 bits per heavy atom. The van der Waals surface area contributed by atoms with Crippen molar-refractivity contribution >= 4 is 29.2 Å². The second-order valence-corrected chi connectivity index (χ2v) is 7.91. The van der Waals surface area contributed by atoms with Crippen molar-refractivity contribution in [3.63, 3.8) is 0 Å². The molecule has 0 atom stereocenters. The van der Waals surface area contributed by atoms with Gasteiger partial charge in [-0.05, 0) is 59.2 Å². The van der Waals surface area contributed by atoms with Gasteiger partial charge in [0, 0.05) is 11.3 Å². The number of nitrogens with zero attached hydrogens (tertiary/aromatic N) is 1. The van der Waals surface area contributed by atoms with Crippen LogP contribution in [0.15, 0.2) is 60.7 Å². The summed E-state index contributed by atoms with van der Waals surface area (Å²) in [4.78, 5) is 25.3. The molecule has 0 aromatic heterocycles. The van der Waals surface area contributed by atoms with E-state index in [9.17, 15) is 22.8 Å². The summed E-state index contributed by atoms with van der Waals surface area (Å²) in [6.07, 6.45) is -4.98. The van der Waals surface area contributed by atoms with E-state index >= 15 is 0 Å². The number of halogens is 4. The molecule has 34 heavy (non-hydrogen) atoms. The summed E-state index contributed by atoms with van der Waals surface area (Å²) in [5.74, 6) is -1.33. The zero-order valence-electron chi connectivity index (χ0n) is 17.4. The van der Waals surface area contributed by atoms with E-state index in [1.807, 2.05) is 0 Å². The molecule has 0 saturated carbocycles. The standard InChI is InChI=1S/C24H17ClF3NO5/c25-20-9-4-14(11-22(30)31)10-21(20)33-13-15-2-1-3-18-19(15)12-29(23(18)32)16-5-7-17(8-6-16)34-24(26,27)28/h1-10H,11-13H2,(H,30,31). The fraction of sp³-hybridized carbons (Fsp3) is 0.167. The molecule has 1 N–H and O–H groups in total. The Kier molecular flexibility index (Phi) is 6.39. The quantitative estimate of drug-likeness (QED) is 0.465. The smallest absolute Gasteiger partial charge is 0.487 e. The molecule has 0 radical (unpaired) electrons. The monoisotopic (exact) mass is 491 g/mol. The lowest BCUT2D eigenvalue weighted by Gasteiger charge is -2.17. The van der Waals surface area contributed by atoms with Crippen LogP contribution in [-0.2, 0) is 24.4 Å². The number of rotatable bonds is 7. The SMILES string of the molecule is O=C(O)Cc1ccc(Cl)c(OCc2cccc3c2CN(c2ccc(OC(F)(F)F)cc2)C3=O)c1. The Bertz CT molecular complexity index is 1240. The topological polar surface area (TPSA) is 76.1 Å². The number of hydrogen-bond acceptors (Lipinski definition) is 4. The van der Waals surface area contributed by atoms with Gasteiger partial charge in [0.05, 0.1) is 18.0 Å². The highest BCUT2D eigenvalue weighted by Gasteiger charge is 2.32. The van der Waals surface area contributed by atoms with Crippen molar-refractivity contribution in [2.45, 2.75) is 25.9 Å². The highest BCUT2D eigenvalue weighted by Crippen LogP contribution is 2.33. The molecule has 10 heteroatoms. The lowest BCUT2D eigenvalue weighted by atomic mass is 10.0. The van der Waals surface area contributed by atoms with E-state index in [0.717, 1.165) is 23.3 Å². The van der Waals surface area contributed by atoms with Gasteiger partial charge in [-0.1, -0.05) is 29.8 Å². The van der Waals surface area contributed by atoms with Crippen molar-refractivity contribution < 1.29 is 37.3 Å². The molecular weight excluding hydrogens is 475 g/mol. The summed E-state index contributed by atoms with van der Waals surface area (Å²) in [6.45, 7) is 0.291. The molecule has 0 fully saturated rings. The number of fused-ring (bicyclic) bond motifs is 1. The first kappa shape index (κ1) is 23.4. The third-order valence-corrected chi connectivity index (χ3v) is 5.49. The van der Waals surface area contributed by atoms with Crippen LogP contribution in [0.3, 0.4) is 0 Å². The molecule has 0 spiro atoms. The summed E-state index contributed by atoms with van der Waals surface area (Å²) in [7, 11) is 0. The van der Waals surface area contributed by atoms with Gasteiger partial charge in [-0.15, -0.1) is 13.2 Å². The van der Waals surface area contributed by atoms with E-state index in [0.29, 0.717) is 27.6 Å². The predicted octanol–water partition coefficient (Wildman–Crippen LogP) is 5.61. The van der Waals surface area contributed by atoms with Gasteiger partial charge in [0.25, 0.3) is 5.91 Å². The molecule has 4 rings (SSSR count). The number of ether oxygens (including phenoxy) is 2. The molecule has 0 bridgehead atoms. The maximum Gasteiger partial charge on any atom is 0.573 e.